The summed E-state index contributed by atoms with van der Waals surface area (Å²) in [6.45, 7) is 0.814. The highest BCUT2D eigenvalue weighted by molar-refractivity contribution is 7.88. The Balaban J connectivity index is 0.000000222. The van der Waals surface area contributed by atoms with Gasteiger partial charge in [0.2, 0.25) is 16.0 Å². The molecule has 4 heterocycles. The molecule has 1 atom stereocenters. The monoisotopic (exact) mass is 476 g/mol. The fourth-order valence-corrected chi connectivity index (χ4v) is 4.02. The smallest absolute Gasteiger partial charge is 0.265 e. The van der Waals surface area contributed by atoms with Crippen molar-refractivity contribution in [2.75, 3.05) is 25.1 Å². The van der Waals surface area contributed by atoms with Crippen LogP contribution in [0.5, 0.6) is 0 Å². The molecule has 0 bridgehead atoms. The Hall–Kier alpha value is -2.84. The summed E-state index contributed by atoms with van der Waals surface area (Å²) in [4.78, 5) is 7.25. The van der Waals surface area contributed by atoms with Crippen molar-refractivity contribution in [3.05, 3.63) is 41.7 Å². The first-order valence-corrected chi connectivity index (χ1v) is 11.2. The molecule has 1 unspecified atom stereocenters. The molecular weight excluding hydrogens is 456 g/mol. The van der Waals surface area contributed by atoms with Crippen molar-refractivity contribution in [3.8, 4) is 11.4 Å². The fraction of sp³-hybridized carbons (Fsp3) is 0.389. The third kappa shape index (κ3) is 5.31. The normalized spacial score (nSPS) is 17.4. The summed E-state index contributed by atoms with van der Waals surface area (Å²) in [5.74, 6) is -1.86. The first-order chi connectivity index (χ1) is 15.0. The van der Waals surface area contributed by atoms with Crippen molar-refractivity contribution in [1.29, 1.82) is 0 Å². The third-order valence-corrected chi connectivity index (χ3v) is 5.94. The summed E-state index contributed by atoms with van der Waals surface area (Å²) in [5.41, 5.74) is 4.46. The maximum Gasteiger partial charge on any atom is 0.265 e. The lowest BCUT2D eigenvalue weighted by Crippen LogP contribution is -2.41. The van der Waals surface area contributed by atoms with Crippen LogP contribution in [-0.4, -0.2) is 62.9 Å². The lowest BCUT2D eigenvalue weighted by Gasteiger charge is -2.27. The maximum atomic E-state index is 13.9. The van der Waals surface area contributed by atoms with Crippen molar-refractivity contribution in [2.24, 2.45) is 0 Å². The van der Waals surface area contributed by atoms with Crippen LogP contribution in [0.1, 0.15) is 24.8 Å². The number of nitrogens with zero attached hydrogens (tertiary/aromatic N) is 5. The second kappa shape index (κ2) is 9.34. The summed E-state index contributed by atoms with van der Waals surface area (Å²) in [6, 6.07) is 1.63. The number of halogens is 4. The van der Waals surface area contributed by atoms with Gasteiger partial charge in [-0.1, -0.05) is 0 Å². The number of piperidine rings is 1. The largest absolute Gasteiger partial charge is 0.392 e. The minimum absolute atomic E-state index is 0.0293. The van der Waals surface area contributed by atoms with Crippen LogP contribution in [-0.2, 0) is 10.0 Å². The van der Waals surface area contributed by atoms with Crippen LogP contribution in [0.4, 0.5) is 23.5 Å². The number of alkyl halides is 2. The van der Waals surface area contributed by atoms with Gasteiger partial charge in [-0.2, -0.15) is 4.31 Å². The third-order valence-electron chi connectivity index (χ3n) is 4.67. The number of nitrogens with two attached hydrogens (primary N) is 1. The van der Waals surface area contributed by atoms with Crippen molar-refractivity contribution >= 4 is 21.5 Å². The molecule has 3 N–H and O–H groups in total. The van der Waals surface area contributed by atoms with Gasteiger partial charge in [0, 0.05) is 30.9 Å². The Morgan fingerprint density at radius 3 is 2.47 bits per heavy atom. The molecule has 14 heteroatoms. The van der Waals surface area contributed by atoms with E-state index in [1.807, 2.05) is 0 Å². The van der Waals surface area contributed by atoms with Crippen LogP contribution >= 0.6 is 0 Å². The molecule has 0 saturated carbocycles. The molecule has 4 rings (SSSR count). The molecule has 174 valence electrons. The van der Waals surface area contributed by atoms with Crippen LogP contribution in [0.2, 0.25) is 0 Å². The Bertz CT molecular complexity index is 1220. The average Bonchev–Trinajstić information content (AvgIpc) is 3.03. The molecule has 32 heavy (non-hydrogen) atoms. The molecule has 1 aliphatic heterocycles. The molecule has 1 saturated heterocycles. The van der Waals surface area contributed by atoms with E-state index >= 15 is 0 Å². The van der Waals surface area contributed by atoms with E-state index in [0.29, 0.717) is 19.0 Å². The molecule has 1 fully saturated rings. The van der Waals surface area contributed by atoms with E-state index in [-0.39, 0.29) is 29.4 Å². The Labute approximate surface area is 180 Å². The fourth-order valence-electron chi connectivity index (χ4n) is 3.12. The highest BCUT2D eigenvalue weighted by Gasteiger charge is 2.24. The average molecular weight is 476 g/mol. The van der Waals surface area contributed by atoms with E-state index in [9.17, 15) is 26.0 Å². The second-order valence-electron chi connectivity index (χ2n) is 7.11. The standard InChI is InChI=1S/C12H7F4N5.C6H13NO3S/c13-6-2-8(21-9(6)4-19-12(17)20-21)10-7(14)1-5(3-18-10)11(15)16;1-11(9,10)7-4-2-3-6(8)5-7/h1-4,11H,(H2,17,20);6,8H,2-5H2,1H3. The van der Waals surface area contributed by atoms with Gasteiger partial charge in [-0.25, -0.2) is 35.5 Å². The van der Waals surface area contributed by atoms with Gasteiger partial charge in [0.15, 0.2) is 11.6 Å². The van der Waals surface area contributed by atoms with Crippen molar-refractivity contribution < 1.29 is 31.1 Å². The number of nitrogen functional groups attached to an aromatic ring is 1. The van der Waals surface area contributed by atoms with E-state index in [1.54, 1.807) is 0 Å². The predicted molar refractivity (Wildman–Crippen MR) is 107 cm³/mol. The number of aliphatic hydroxyl groups is 1. The molecule has 0 radical (unpaired) electrons. The number of hydrogen-bond acceptors (Lipinski definition) is 7. The molecule has 3 aromatic rings. The topological polar surface area (TPSA) is 127 Å². The molecule has 1 aliphatic rings. The van der Waals surface area contributed by atoms with Gasteiger partial charge in [-0.05, 0) is 18.9 Å². The zero-order chi connectivity index (χ0) is 23.6. The number of sulfonamides is 1. The highest BCUT2D eigenvalue weighted by Crippen LogP contribution is 2.27. The number of hydrogen-bond donors (Lipinski definition) is 2. The predicted octanol–water partition coefficient (Wildman–Crippen LogP) is 1.99. The maximum absolute atomic E-state index is 13.9. The SMILES string of the molecule is CS(=O)(=O)N1CCCC(O)C1.Nc1ncc2c(F)cc(-c3ncc(C(F)F)cc3F)n2n1. The number of β-amino-alcohol motifs (C(OH)–C–C–N with tert-alkyl or cyclic N) is 1. The summed E-state index contributed by atoms with van der Waals surface area (Å²) in [6.07, 6.45) is 1.28. The summed E-state index contributed by atoms with van der Waals surface area (Å²) in [5, 5.41) is 12.9. The summed E-state index contributed by atoms with van der Waals surface area (Å²) < 4.78 is 76.9. The van der Waals surface area contributed by atoms with Crippen molar-refractivity contribution in [3.63, 3.8) is 0 Å². The lowest BCUT2D eigenvalue weighted by atomic mass is 10.1. The molecule has 0 amide bonds. The Morgan fingerprint density at radius 1 is 1.19 bits per heavy atom. The number of anilines is 1. The number of pyridine rings is 1. The molecule has 0 aromatic carbocycles. The van der Waals surface area contributed by atoms with Crippen LogP contribution in [0.25, 0.3) is 16.9 Å². The van der Waals surface area contributed by atoms with Crippen LogP contribution in [0.15, 0.2) is 24.5 Å². The van der Waals surface area contributed by atoms with E-state index in [1.165, 1.54) is 10.6 Å². The van der Waals surface area contributed by atoms with Gasteiger partial charge in [0.05, 0.1) is 24.3 Å². The van der Waals surface area contributed by atoms with Crippen LogP contribution in [0.3, 0.4) is 0 Å². The summed E-state index contributed by atoms with van der Waals surface area (Å²) >= 11 is 0. The number of rotatable bonds is 3. The van der Waals surface area contributed by atoms with E-state index in [4.69, 9.17) is 10.8 Å². The lowest BCUT2D eigenvalue weighted by molar-refractivity contribution is 0.108. The zero-order valence-corrected chi connectivity index (χ0v) is 17.6. The first-order valence-electron chi connectivity index (χ1n) is 9.34. The number of fused-ring (bicyclic) bond motifs is 1. The van der Waals surface area contributed by atoms with Gasteiger partial charge >= 0.3 is 0 Å². The summed E-state index contributed by atoms with van der Waals surface area (Å²) in [7, 11) is -3.09. The highest BCUT2D eigenvalue weighted by atomic mass is 32.2. The Morgan fingerprint density at radius 2 is 1.91 bits per heavy atom. The second-order valence-corrected chi connectivity index (χ2v) is 9.09. The van der Waals surface area contributed by atoms with Crippen LogP contribution < -0.4 is 5.73 Å². The van der Waals surface area contributed by atoms with Gasteiger partial charge in [0.25, 0.3) is 6.43 Å². The number of aliphatic hydroxyl groups excluding tert-OH is 1. The number of aromatic nitrogens is 4. The van der Waals surface area contributed by atoms with Gasteiger partial charge in [-0.15, -0.1) is 5.10 Å². The van der Waals surface area contributed by atoms with Crippen molar-refractivity contribution in [1.82, 2.24) is 23.9 Å². The molecule has 9 nitrogen and oxygen atoms in total. The quantitative estimate of drug-likeness (QED) is 0.554. The van der Waals surface area contributed by atoms with Gasteiger partial charge in [0.1, 0.15) is 11.2 Å². The molecular formula is C18H20F4N6O3S. The zero-order valence-electron chi connectivity index (χ0n) is 16.8. The van der Waals surface area contributed by atoms with Gasteiger partial charge in [-0.3, -0.25) is 4.98 Å². The first kappa shape index (κ1) is 23.8. The Kier molecular flexibility index (Phi) is 6.95. The van der Waals surface area contributed by atoms with Gasteiger partial charge < -0.3 is 10.8 Å². The molecule has 3 aromatic heterocycles. The van der Waals surface area contributed by atoms with E-state index < -0.39 is 39.8 Å². The minimum atomic E-state index is -3.09. The van der Waals surface area contributed by atoms with E-state index in [2.05, 4.69) is 15.1 Å². The van der Waals surface area contributed by atoms with E-state index in [0.717, 1.165) is 29.4 Å². The van der Waals surface area contributed by atoms with Crippen molar-refractivity contribution in [2.45, 2.75) is 25.4 Å². The minimum Gasteiger partial charge on any atom is -0.392 e. The molecule has 0 spiro atoms. The molecule has 0 aliphatic carbocycles. The van der Waals surface area contributed by atoms with Crippen LogP contribution in [0, 0.1) is 11.6 Å².